The third kappa shape index (κ3) is 8.96. The van der Waals surface area contributed by atoms with Gasteiger partial charge in [0.25, 0.3) is 0 Å². The van der Waals surface area contributed by atoms with Crippen LogP contribution in [0.4, 0.5) is 0 Å². The van der Waals surface area contributed by atoms with E-state index in [4.69, 9.17) is 56.8 Å². The van der Waals surface area contributed by atoms with Crippen molar-refractivity contribution >= 4 is 5.97 Å². The van der Waals surface area contributed by atoms with Crippen molar-refractivity contribution in [3.63, 3.8) is 0 Å². The molecule has 0 amide bonds. The third-order valence-corrected chi connectivity index (χ3v) is 18.1. The minimum atomic E-state index is -2.50. The SMILES string of the molecule is CO[C@@H]1[C@@H](C)[C@@]2(O[C@H](C[C@@H]3O[C@](O)([C@@H](O)C(=O)O)[C@@H](C)[C@H](OC)[C@@]3(C)OC)C[C@@H](OC)[C@H]2C)O[C@]1(C)[C@H]1CC[C@@H]([C@H]2CC[C@H]([C@H]3O[C@](C)(O)[C@H](C)C(O[C@@H]4CC[C@@H](OC)[C@H](C)C4)[C@@H]3C)O2)O1. The largest absolute Gasteiger partial charge is 0.479 e. The van der Waals surface area contributed by atoms with Gasteiger partial charge in [-0.05, 0) is 71.6 Å². The van der Waals surface area contributed by atoms with Gasteiger partial charge in [0.15, 0.2) is 11.6 Å². The maximum Gasteiger partial charge on any atom is 0.338 e. The fourth-order valence-electron chi connectivity index (χ4n) is 13.8. The first kappa shape index (κ1) is 52.7. The molecule has 7 fully saturated rings. The highest BCUT2D eigenvalue weighted by molar-refractivity contribution is 5.73. The van der Waals surface area contributed by atoms with E-state index in [0.29, 0.717) is 18.8 Å². The van der Waals surface area contributed by atoms with Gasteiger partial charge in [0.05, 0.1) is 79.4 Å². The highest BCUT2D eigenvalue weighted by Crippen LogP contribution is 2.57. The van der Waals surface area contributed by atoms with Gasteiger partial charge in [0.1, 0.15) is 11.2 Å². The molecule has 0 radical (unpaired) electrons. The summed E-state index contributed by atoms with van der Waals surface area (Å²) in [6.45, 7) is 17.6. The van der Waals surface area contributed by atoms with Crippen molar-refractivity contribution in [3.05, 3.63) is 0 Å². The Bertz CT molecular complexity index is 1650. The molecule has 382 valence electrons. The number of rotatable bonds is 14. The second-order valence-corrected chi connectivity index (χ2v) is 21.8. The van der Waals surface area contributed by atoms with Crippen LogP contribution < -0.4 is 0 Å². The van der Waals surface area contributed by atoms with E-state index in [9.17, 15) is 25.2 Å². The lowest BCUT2D eigenvalue weighted by Gasteiger charge is -2.56. The van der Waals surface area contributed by atoms with Crippen LogP contribution in [0, 0.1) is 35.5 Å². The number of aliphatic carboxylic acids is 1. The third-order valence-electron chi connectivity index (χ3n) is 18.1. The van der Waals surface area contributed by atoms with Gasteiger partial charge in [-0.15, -0.1) is 0 Å². The maximum atomic E-state index is 12.1. The van der Waals surface area contributed by atoms with E-state index in [0.717, 1.165) is 38.5 Å². The normalized spacial score (nSPS) is 53.9. The molecule has 6 saturated heterocycles. The highest BCUT2D eigenvalue weighted by Gasteiger charge is 2.70. The highest BCUT2D eigenvalue weighted by atomic mass is 16.7. The summed E-state index contributed by atoms with van der Waals surface area (Å²) in [6, 6.07) is 0. The predicted molar refractivity (Wildman–Crippen MR) is 237 cm³/mol. The zero-order valence-electron chi connectivity index (χ0n) is 42.0. The molecular formula is C49H84O17. The minimum Gasteiger partial charge on any atom is -0.479 e. The summed E-state index contributed by atoms with van der Waals surface area (Å²) in [5.41, 5.74) is -2.14. The van der Waals surface area contributed by atoms with Gasteiger partial charge in [-0.25, -0.2) is 4.79 Å². The molecule has 4 N–H and O–H groups in total. The Labute approximate surface area is 392 Å². The number of hydrogen-bond acceptors (Lipinski definition) is 16. The number of carboxylic acid groups (broad SMARTS) is 1. The second kappa shape index (κ2) is 19.8. The molecule has 7 rings (SSSR count). The van der Waals surface area contributed by atoms with Crippen LogP contribution in [0.5, 0.6) is 0 Å². The van der Waals surface area contributed by atoms with Gasteiger partial charge >= 0.3 is 5.97 Å². The van der Waals surface area contributed by atoms with Gasteiger partial charge in [0, 0.05) is 78.0 Å². The topological polar surface area (TPSA) is 209 Å². The summed E-state index contributed by atoms with van der Waals surface area (Å²) < 4.78 is 78.1. The summed E-state index contributed by atoms with van der Waals surface area (Å²) in [7, 11) is 8.08. The van der Waals surface area contributed by atoms with E-state index >= 15 is 0 Å². The Balaban J connectivity index is 1.05. The Kier molecular flexibility index (Phi) is 15.8. The molecule has 6 heterocycles. The van der Waals surface area contributed by atoms with Crippen LogP contribution in [0.2, 0.25) is 0 Å². The van der Waals surface area contributed by atoms with Crippen LogP contribution in [0.15, 0.2) is 0 Å². The Hall–Kier alpha value is -1.13. The Morgan fingerprint density at radius 2 is 1.33 bits per heavy atom. The molecule has 0 aromatic rings. The zero-order chi connectivity index (χ0) is 48.5. The van der Waals surface area contributed by atoms with Gasteiger partial charge in [-0.3, -0.25) is 0 Å². The molecule has 0 bridgehead atoms. The Morgan fingerprint density at radius 3 is 1.94 bits per heavy atom. The van der Waals surface area contributed by atoms with Gasteiger partial charge in [0.2, 0.25) is 11.9 Å². The standard InChI is InChI=1S/C49H84O17/c1-24-21-30(15-16-32(24)55-10)60-39-25(2)40(65-47(9,53)27(39)4)35-18-17-33(61-35)34-19-20-37(62-34)46(8)43(58-13)29(6)49(66-46)26(3)36(56-11)22-31(63-49)23-38-45(7,59-14)42(57-12)28(5)48(54,64-38)41(50)44(51)52/h24-43,50,53-54H,15-23H2,1-14H3,(H,51,52)/t24-,25+,26-,27-,28+,29-,30-,31+,32-,33-,34+,35-,36-,37-,38+,39?,40+,41+,42+,43-,45+,46-,47+,48+,49+/m1/s1. The lowest BCUT2D eigenvalue weighted by Crippen LogP contribution is -2.72. The number of hydrogen-bond donors (Lipinski definition) is 4. The maximum absolute atomic E-state index is 12.1. The fourth-order valence-corrected chi connectivity index (χ4v) is 13.8. The van der Waals surface area contributed by atoms with Crippen molar-refractivity contribution < 1.29 is 82.1 Å². The number of methoxy groups -OCH3 is 5. The first-order valence-electron chi connectivity index (χ1n) is 24.7. The van der Waals surface area contributed by atoms with Crippen LogP contribution in [-0.4, -0.2) is 176 Å². The van der Waals surface area contributed by atoms with E-state index in [2.05, 4.69) is 27.7 Å². The quantitative estimate of drug-likeness (QED) is 0.188. The number of carbonyl (C=O) groups is 1. The molecular weight excluding hydrogens is 861 g/mol. The van der Waals surface area contributed by atoms with Crippen LogP contribution >= 0.6 is 0 Å². The summed E-state index contributed by atoms with van der Waals surface area (Å²) in [4.78, 5) is 12.1. The second-order valence-electron chi connectivity index (χ2n) is 21.8. The number of aliphatic hydroxyl groups excluding tert-OH is 1. The lowest BCUT2D eigenvalue weighted by atomic mass is 9.73. The van der Waals surface area contributed by atoms with Gasteiger partial charge in [-0.1, -0.05) is 41.5 Å². The van der Waals surface area contributed by atoms with Crippen molar-refractivity contribution in [2.24, 2.45) is 35.5 Å². The average Bonchev–Trinajstić information content (AvgIpc) is 4.02. The van der Waals surface area contributed by atoms with Crippen molar-refractivity contribution in [2.75, 3.05) is 35.5 Å². The van der Waals surface area contributed by atoms with Crippen LogP contribution in [0.25, 0.3) is 0 Å². The van der Waals surface area contributed by atoms with Crippen LogP contribution in [0.3, 0.4) is 0 Å². The summed E-state index contributed by atoms with van der Waals surface area (Å²) in [5, 5.41) is 43.9. The van der Waals surface area contributed by atoms with E-state index in [1.807, 2.05) is 13.8 Å². The van der Waals surface area contributed by atoms with Crippen molar-refractivity contribution in [2.45, 2.75) is 234 Å². The molecule has 6 aliphatic heterocycles. The minimum absolute atomic E-state index is 0.0137. The van der Waals surface area contributed by atoms with Crippen molar-refractivity contribution in [1.82, 2.24) is 0 Å². The molecule has 1 saturated carbocycles. The van der Waals surface area contributed by atoms with E-state index in [1.165, 1.54) is 14.2 Å². The first-order chi connectivity index (χ1) is 31.0. The monoisotopic (exact) mass is 945 g/mol. The van der Waals surface area contributed by atoms with Crippen molar-refractivity contribution in [1.29, 1.82) is 0 Å². The first-order valence-corrected chi connectivity index (χ1v) is 24.7. The summed E-state index contributed by atoms with van der Waals surface area (Å²) in [5.74, 6) is -8.16. The smallest absolute Gasteiger partial charge is 0.338 e. The molecule has 1 spiro atoms. The molecule has 25 atom stereocenters. The number of carboxylic acids is 1. The van der Waals surface area contributed by atoms with E-state index in [1.54, 1.807) is 42.1 Å². The zero-order valence-corrected chi connectivity index (χ0v) is 42.0. The molecule has 66 heavy (non-hydrogen) atoms. The molecule has 0 aromatic carbocycles. The predicted octanol–water partition coefficient (Wildman–Crippen LogP) is 4.61. The molecule has 1 aliphatic carbocycles. The summed E-state index contributed by atoms with van der Waals surface area (Å²) in [6.07, 6.45) is -0.409. The van der Waals surface area contributed by atoms with Crippen LogP contribution in [0.1, 0.15) is 120 Å². The van der Waals surface area contributed by atoms with Crippen molar-refractivity contribution in [3.8, 4) is 0 Å². The molecule has 0 aromatic heterocycles. The fraction of sp³-hybridized carbons (Fsp3) is 0.980. The number of ether oxygens (including phenoxy) is 12. The average molecular weight is 945 g/mol. The molecule has 17 heteroatoms. The summed E-state index contributed by atoms with van der Waals surface area (Å²) >= 11 is 0. The molecule has 1 unspecified atom stereocenters. The van der Waals surface area contributed by atoms with Gasteiger partial charge in [-0.2, -0.15) is 0 Å². The molecule has 17 nitrogen and oxygen atoms in total. The lowest BCUT2D eigenvalue weighted by molar-refractivity contribution is -0.389. The van der Waals surface area contributed by atoms with E-state index in [-0.39, 0.29) is 85.0 Å². The molecule has 7 aliphatic rings. The van der Waals surface area contributed by atoms with Gasteiger partial charge < -0.3 is 77.3 Å². The van der Waals surface area contributed by atoms with E-state index < -0.39 is 71.0 Å². The van der Waals surface area contributed by atoms with Crippen LogP contribution in [-0.2, 0) is 61.6 Å². The number of aliphatic hydroxyl groups is 3. The Morgan fingerprint density at radius 1 is 0.697 bits per heavy atom.